The predicted octanol–water partition coefficient (Wildman–Crippen LogP) is -0.378. The lowest BCUT2D eigenvalue weighted by Gasteiger charge is -2.27. The van der Waals surface area contributed by atoms with Crippen LogP contribution in [-0.4, -0.2) is 36.6 Å². The van der Waals surface area contributed by atoms with E-state index >= 15 is 0 Å². The molecule has 0 aromatic carbocycles. The number of amides is 1. The van der Waals surface area contributed by atoms with Crippen LogP contribution in [0.25, 0.3) is 0 Å². The van der Waals surface area contributed by atoms with Gasteiger partial charge in [-0.2, -0.15) is 0 Å². The van der Waals surface area contributed by atoms with E-state index in [0.29, 0.717) is 19.4 Å². The third kappa shape index (κ3) is 2.67. The second-order valence-electron chi connectivity index (χ2n) is 2.76. The van der Waals surface area contributed by atoms with E-state index in [2.05, 4.69) is 0 Å². The van der Waals surface area contributed by atoms with Gasteiger partial charge in [-0.1, -0.05) is 0 Å². The van der Waals surface area contributed by atoms with E-state index in [1.807, 2.05) is 0 Å². The lowest BCUT2D eigenvalue weighted by Crippen LogP contribution is -2.35. The van der Waals surface area contributed by atoms with Crippen molar-refractivity contribution in [2.75, 3.05) is 13.2 Å². The van der Waals surface area contributed by atoms with Crippen molar-refractivity contribution in [3.05, 3.63) is 0 Å². The zero-order valence-corrected chi connectivity index (χ0v) is 6.73. The minimum Gasteiger partial charge on any atom is -0.446 e. The molecule has 5 heteroatoms. The number of primary amides is 1. The van der Waals surface area contributed by atoms with Crippen LogP contribution in [-0.2, 0) is 9.47 Å². The molecule has 0 bridgehead atoms. The number of nitrogens with two attached hydrogens (primary N) is 1. The molecule has 1 aliphatic heterocycles. The quantitative estimate of drug-likeness (QED) is 0.599. The van der Waals surface area contributed by atoms with Crippen LogP contribution >= 0.6 is 0 Å². The Bertz CT molecular complexity index is 161. The molecule has 5 nitrogen and oxygen atoms in total. The fourth-order valence-corrected chi connectivity index (χ4v) is 1.24. The Morgan fingerprint density at radius 1 is 1.75 bits per heavy atom. The Morgan fingerprint density at radius 2 is 2.50 bits per heavy atom. The molecule has 0 aromatic heterocycles. The van der Waals surface area contributed by atoms with E-state index in [4.69, 9.17) is 20.3 Å². The highest BCUT2D eigenvalue weighted by Gasteiger charge is 2.23. The summed E-state index contributed by atoms with van der Waals surface area (Å²) >= 11 is 0. The first-order chi connectivity index (χ1) is 5.72. The Labute approximate surface area is 70.4 Å². The third-order valence-corrected chi connectivity index (χ3v) is 1.81. The van der Waals surface area contributed by atoms with Crippen LogP contribution in [0.3, 0.4) is 0 Å². The van der Waals surface area contributed by atoms with E-state index < -0.39 is 6.09 Å². The molecule has 2 atom stereocenters. The van der Waals surface area contributed by atoms with Crippen LogP contribution < -0.4 is 5.73 Å². The number of carbonyl (C=O) groups is 1. The molecular formula is C7H13NO4. The van der Waals surface area contributed by atoms with Crippen molar-refractivity contribution in [3.63, 3.8) is 0 Å². The molecule has 0 spiro atoms. The summed E-state index contributed by atoms with van der Waals surface area (Å²) < 4.78 is 9.93. The average Bonchev–Trinajstić information content (AvgIpc) is 2.03. The van der Waals surface area contributed by atoms with Gasteiger partial charge in [-0.05, 0) is 0 Å². The molecule has 1 fully saturated rings. The van der Waals surface area contributed by atoms with Gasteiger partial charge in [0.15, 0.2) is 0 Å². The smallest absolute Gasteiger partial charge is 0.404 e. The maximum atomic E-state index is 10.4. The van der Waals surface area contributed by atoms with Crippen molar-refractivity contribution < 1.29 is 19.4 Å². The summed E-state index contributed by atoms with van der Waals surface area (Å²) in [6.45, 7) is 0.460. The zero-order valence-electron chi connectivity index (χ0n) is 6.73. The molecule has 1 amide bonds. The Balaban J connectivity index is 2.30. The first kappa shape index (κ1) is 9.28. The molecule has 0 radical (unpaired) electrons. The maximum absolute atomic E-state index is 10.4. The molecule has 0 aromatic rings. The zero-order chi connectivity index (χ0) is 8.97. The van der Waals surface area contributed by atoms with Crippen LogP contribution in [0.5, 0.6) is 0 Å². The molecule has 0 aliphatic carbocycles. The first-order valence-corrected chi connectivity index (χ1v) is 3.91. The van der Waals surface area contributed by atoms with Gasteiger partial charge in [0.05, 0.1) is 19.3 Å². The summed E-state index contributed by atoms with van der Waals surface area (Å²) in [4.78, 5) is 10.4. The van der Waals surface area contributed by atoms with E-state index in [1.54, 1.807) is 0 Å². The largest absolute Gasteiger partial charge is 0.446 e. The second-order valence-corrected chi connectivity index (χ2v) is 2.76. The fourth-order valence-electron chi connectivity index (χ4n) is 1.24. The summed E-state index contributed by atoms with van der Waals surface area (Å²) in [7, 11) is 0. The molecule has 2 unspecified atom stereocenters. The number of hydrogen-bond donors (Lipinski definition) is 2. The molecule has 1 heterocycles. The number of aliphatic hydroxyl groups is 1. The van der Waals surface area contributed by atoms with Crippen molar-refractivity contribution in [2.24, 2.45) is 5.73 Å². The molecule has 1 aliphatic rings. The van der Waals surface area contributed by atoms with E-state index in [-0.39, 0.29) is 18.8 Å². The standard InChI is InChI=1S/C7H13NO4/c8-7(10)12-5-1-2-11-6(3-5)4-9/h5-6,9H,1-4H2,(H2,8,10). The first-order valence-electron chi connectivity index (χ1n) is 3.91. The van der Waals surface area contributed by atoms with Crippen LogP contribution in [0.1, 0.15) is 12.8 Å². The molecule has 3 N–H and O–H groups in total. The third-order valence-electron chi connectivity index (χ3n) is 1.81. The van der Waals surface area contributed by atoms with Gasteiger partial charge >= 0.3 is 6.09 Å². The summed E-state index contributed by atoms with van der Waals surface area (Å²) in [5.74, 6) is 0. The fraction of sp³-hybridized carbons (Fsp3) is 0.857. The van der Waals surface area contributed by atoms with Gasteiger partial charge in [-0.25, -0.2) is 4.79 Å². The van der Waals surface area contributed by atoms with Gasteiger partial charge < -0.3 is 20.3 Å². The van der Waals surface area contributed by atoms with Crippen molar-refractivity contribution in [1.29, 1.82) is 0 Å². The molecule has 0 saturated carbocycles. The Kier molecular flexibility index (Phi) is 3.31. The van der Waals surface area contributed by atoms with Crippen molar-refractivity contribution in [3.8, 4) is 0 Å². The topological polar surface area (TPSA) is 81.8 Å². The highest BCUT2D eigenvalue weighted by atomic mass is 16.6. The van der Waals surface area contributed by atoms with Crippen molar-refractivity contribution in [1.82, 2.24) is 0 Å². The molecule has 1 rings (SSSR count). The van der Waals surface area contributed by atoms with Gasteiger partial charge in [0, 0.05) is 12.8 Å². The predicted molar refractivity (Wildman–Crippen MR) is 40.5 cm³/mol. The molecule has 1 saturated heterocycles. The van der Waals surface area contributed by atoms with E-state index in [1.165, 1.54) is 0 Å². The number of hydrogen-bond acceptors (Lipinski definition) is 4. The SMILES string of the molecule is NC(=O)OC1CCOC(CO)C1. The number of carbonyl (C=O) groups excluding carboxylic acids is 1. The molecule has 70 valence electrons. The van der Waals surface area contributed by atoms with E-state index in [0.717, 1.165) is 0 Å². The lowest BCUT2D eigenvalue weighted by atomic mass is 10.1. The van der Waals surface area contributed by atoms with Crippen LogP contribution in [0.2, 0.25) is 0 Å². The number of aliphatic hydroxyl groups excluding tert-OH is 1. The summed E-state index contributed by atoms with van der Waals surface area (Å²) in [5.41, 5.74) is 4.85. The minimum absolute atomic E-state index is 0.0430. The van der Waals surface area contributed by atoms with E-state index in [9.17, 15) is 4.79 Å². The highest BCUT2D eigenvalue weighted by Crippen LogP contribution is 2.16. The lowest BCUT2D eigenvalue weighted by molar-refractivity contribution is -0.0664. The highest BCUT2D eigenvalue weighted by molar-refractivity contribution is 5.64. The van der Waals surface area contributed by atoms with Gasteiger partial charge in [-0.15, -0.1) is 0 Å². The number of rotatable bonds is 2. The van der Waals surface area contributed by atoms with Crippen LogP contribution in [0.4, 0.5) is 4.79 Å². The van der Waals surface area contributed by atoms with Gasteiger partial charge in [0.1, 0.15) is 6.10 Å². The summed E-state index contributed by atoms with van der Waals surface area (Å²) in [6, 6.07) is 0. The Hall–Kier alpha value is -0.810. The maximum Gasteiger partial charge on any atom is 0.404 e. The molecular weight excluding hydrogens is 162 g/mol. The molecule has 12 heavy (non-hydrogen) atoms. The van der Waals surface area contributed by atoms with Gasteiger partial charge in [0.2, 0.25) is 0 Å². The minimum atomic E-state index is -0.765. The van der Waals surface area contributed by atoms with Gasteiger partial charge in [0.25, 0.3) is 0 Å². The van der Waals surface area contributed by atoms with Crippen LogP contribution in [0, 0.1) is 0 Å². The van der Waals surface area contributed by atoms with Crippen LogP contribution in [0.15, 0.2) is 0 Å². The monoisotopic (exact) mass is 175 g/mol. The second kappa shape index (κ2) is 4.27. The van der Waals surface area contributed by atoms with Crippen molar-refractivity contribution >= 4 is 6.09 Å². The average molecular weight is 175 g/mol. The normalized spacial score (nSPS) is 29.8. The summed E-state index contributed by atoms with van der Waals surface area (Å²) in [6.07, 6.45) is -0.00566. The van der Waals surface area contributed by atoms with Gasteiger partial charge in [-0.3, -0.25) is 0 Å². The number of ether oxygens (including phenoxy) is 2. The van der Waals surface area contributed by atoms with Crippen molar-refractivity contribution in [2.45, 2.75) is 25.0 Å². The summed E-state index contributed by atoms with van der Waals surface area (Å²) in [5, 5.41) is 8.75. The Morgan fingerprint density at radius 3 is 3.08 bits per heavy atom.